The monoisotopic (exact) mass is 342 g/mol. The van der Waals surface area contributed by atoms with Gasteiger partial charge in [0.2, 0.25) is 5.91 Å². The average Bonchev–Trinajstić information content (AvgIpc) is 3.22. The number of aliphatic hydroxyl groups is 1. The molecule has 0 bridgehead atoms. The summed E-state index contributed by atoms with van der Waals surface area (Å²) in [4.78, 5) is 23.5. The van der Waals surface area contributed by atoms with Crippen LogP contribution in [0.25, 0.3) is 11.0 Å². The summed E-state index contributed by atoms with van der Waals surface area (Å²) >= 11 is 0. The third-order valence-corrected chi connectivity index (χ3v) is 5.58. The molecule has 0 aromatic carbocycles. The predicted octanol–water partition coefficient (Wildman–Crippen LogP) is 1.73. The zero-order valence-electron chi connectivity index (χ0n) is 14.5. The fourth-order valence-electron chi connectivity index (χ4n) is 4.25. The summed E-state index contributed by atoms with van der Waals surface area (Å²) < 4.78 is 0. The standard InChI is InChI=1S/C19H26N4O2/c24-15(13-23-8-2-4-18(23)25)12-22-9-5-14(6-10-22)17-11-21-19-16(17)3-1-7-20-19/h1,3,7,11,14-15,24H,2,4-6,8-10,12-13H2,(H,20,21). The lowest BCUT2D eigenvalue weighted by Crippen LogP contribution is -2.43. The largest absolute Gasteiger partial charge is 0.390 e. The highest BCUT2D eigenvalue weighted by atomic mass is 16.3. The molecule has 25 heavy (non-hydrogen) atoms. The molecule has 4 heterocycles. The molecule has 0 spiro atoms. The molecule has 2 saturated heterocycles. The van der Waals surface area contributed by atoms with Crippen molar-refractivity contribution in [2.75, 3.05) is 32.7 Å². The second kappa shape index (κ2) is 7.14. The maximum Gasteiger partial charge on any atom is 0.222 e. The molecular weight excluding hydrogens is 316 g/mol. The Kier molecular flexibility index (Phi) is 4.72. The second-order valence-electron chi connectivity index (χ2n) is 7.32. The number of likely N-dealkylation sites (tertiary alicyclic amines) is 2. The summed E-state index contributed by atoms with van der Waals surface area (Å²) in [6, 6.07) is 4.13. The van der Waals surface area contributed by atoms with Gasteiger partial charge in [-0.2, -0.15) is 0 Å². The number of nitrogens with zero attached hydrogens (tertiary/aromatic N) is 3. The van der Waals surface area contributed by atoms with Gasteiger partial charge in [0.05, 0.1) is 6.10 Å². The number of hydrogen-bond acceptors (Lipinski definition) is 4. The highest BCUT2D eigenvalue weighted by Crippen LogP contribution is 2.32. The van der Waals surface area contributed by atoms with Gasteiger partial charge >= 0.3 is 0 Å². The van der Waals surface area contributed by atoms with Crippen molar-refractivity contribution in [1.29, 1.82) is 0 Å². The molecule has 0 aliphatic carbocycles. The minimum absolute atomic E-state index is 0.186. The van der Waals surface area contributed by atoms with Gasteiger partial charge in [0.15, 0.2) is 0 Å². The zero-order chi connectivity index (χ0) is 17.2. The molecule has 2 fully saturated rings. The smallest absolute Gasteiger partial charge is 0.222 e. The SMILES string of the molecule is O=C1CCCN1CC(O)CN1CCC(c2c[nH]c3ncccc23)CC1. The fraction of sp³-hybridized carbons (Fsp3) is 0.579. The third kappa shape index (κ3) is 3.55. The molecule has 2 aliphatic rings. The molecule has 6 nitrogen and oxygen atoms in total. The lowest BCUT2D eigenvalue weighted by atomic mass is 9.89. The van der Waals surface area contributed by atoms with E-state index in [-0.39, 0.29) is 5.91 Å². The molecule has 1 amide bonds. The first-order chi connectivity index (χ1) is 12.2. The lowest BCUT2D eigenvalue weighted by molar-refractivity contribution is -0.129. The van der Waals surface area contributed by atoms with Crippen molar-refractivity contribution >= 4 is 16.9 Å². The van der Waals surface area contributed by atoms with E-state index in [9.17, 15) is 9.90 Å². The first-order valence-electron chi connectivity index (χ1n) is 9.31. The number of fused-ring (bicyclic) bond motifs is 1. The minimum atomic E-state index is -0.448. The van der Waals surface area contributed by atoms with E-state index < -0.39 is 6.10 Å². The second-order valence-corrected chi connectivity index (χ2v) is 7.32. The van der Waals surface area contributed by atoms with Gasteiger partial charge in [-0.3, -0.25) is 4.79 Å². The number of nitrogens with one attached hydrogen (secondary N) is 1. The van der Waals surface area contributed by atoms with Crippen molar-refractivity contribution in [2.24, 2.45) is 0 Å². The third-order valence-electron chi connectivity index (χ3n) is 5.58. The maximum absolute atomic E-state index is 11.7. The van der Waals surface area contributed by atoms with Crippen LogP contribution in [0.4, 0.5) is 0 Å². The minimum Gasteiger partial charge on any atom is -0.390 e. The Balaban J connectivity index is 1.30. The molecular formula is C19H26N4O2. The number of hydrogen-bond donors (Lipinski definition) is 2. The van der Waals surface area contributed by atoms with Gasteiger partial charge in [0.25, 0.3) is 0 Å². The van der Waals surface area contributed by atoms with Crippen LogP contribution in [0.1, 0.15) is 37.2 Å². The van der Waals surface area contributed by atoms with E-state index in [2.05, 4.69) is 27.1 Å². The number of carbonyl (C=O) groups excluding carboxylic acids is 1. The first-order valence-corrected chi connectivity index (χ1v) is 9.31. The predicted molar refractivity (Wildman–Crippen MR) is 96.3 cm³/mol. The molecule has 0 saturated carbocycles. The lowest BCUT2D eigenvalue weighted by Gasteiger charge is -2.33. The molecule has 2 N–H and O–H groups in total. The number of aromatic amines is 1. The van der Waals surface area contributed by atoms with Gasteiger partial charge in [-0.25, -0.2) is 4.98 Å². The van der Waals surface area contributed by atoms with Gasteiger partial charge in [-0.05, 0) is 56.0 Å². The van der Waals surface area contributed by atoms with E-state index in [1.165, 1.54) is 10.9 Å². The summed E-state index contributed by atoms with van der Waals surface area (Å²) in [5, 5.41) is 11.6. The molecule has 0 radical (unpaired) electrons. The van der Waals surface area contributed by atoms with Crippen LogP contribution in [0, 0.1) is 0 Å². The van der Waals surface area contributed by atoms with Crippen molar-refractivity contribution in [1.82, 2.24) is 19.8 Å². The first kappa shape index (κ1) is 16.5. The Morgan fingerprint density at radius 2 is 2.12 bits per heavy atom. The highest BCUT2D eigenvalue weighted by molar-refractivity contribution is 5.80. The number of aliphatic hydroxyl groups excluding tert-OH is 1. The number of amides is 1. The molecule has 1 unspecified atom stereocenters. The van der Waals surface area contributed by atoms with Crippen LogP contribution in [0.15, 0.2) is 24.5 Å². The summed E-state index contributed by atoms with van der Waals surface area (Å²) in [6.07, 6.45) is 7.22. The Morgan fingerprint density at radius 1 is 1.28 bits per heavy atom. The van der Waals surface area contributed by atoms with E-state index in [1.807, 2.05) is 12.3 Å². The Labute approximate surface area is 147 Å². The molecule has 2 aliphatic heterocycles. The van der Waals surface area contributed by atoms with Crippen LogP contribution in [0.5, 0.6) is 0 Å². The Morgan fingerprint density at radius 3 is 2.88 bits per heavy atom. The summed E-state index contributed by atoms with van der Waals surface area (Å²) in [6.45, 7) is 3.91. The van der Waals surface area contributed by atoms with Crippen LogP contribution in [0.2, 0.25) is 0 Å². The molecule has 4 rings (SSSR count). The maximum atomic E-state index is 11.7. The van der Waals surface area contributed by atoms with Gasteiger partial charge in [-0.1, -0.05) is 0 Å². The number of H-pyrrole nitrogens is 1. The summed E-state index contributed by atoms with van der Waals surface area (Å²) in [7, 11) is 0. The molecule has 134 valence electrons. The van der Waals surface area contributed by atoms with Gasteiger partial charge in [0, 0.05) is 43.8 Å². The van der Waals surface area contributed by atoms with Crippen molar-refractivity contribution in [2.45, 2.75) is 37.7 Å². The summed E-state index contributed by atoms with van der Waals surface area (Å²) in [5.74, 6) is 0.734. The molecule has 1 atom stereocenters. The number of pyridine rings is 1. The van der Waals surface area contributed by atoms with E-state index >= 15 is 0 Å². The van der Waals surface area contributed by atoms with Gasteiger partial charge < -0.3 is 19.9 Å². The fourth-order valence-corrected chi connectivity index (χ4v) is 4.25. The van der Waals surface area contributed by atoms with Crippen LogP contribution in [0.3, 0.4) is 0 Å². The summed E-state index contributed by atoms with van der Waals surface area (Å²) in [5.41, 5.74) is 2.33. The topological polar surface area (TPSA) is 72.5 Å². The van der Waals surface area contributed by atoms with Crippen LogP contribution in [-0.2, 0) is 4.79 Å². The van der Waals surface area contributed by atoms with E-state index in [0.717, 1.165) is 44.5 Å². The molecule has 2 aromatic heterocycles. The number of piperidine rings is 1. The Hall–Kier alpha value is -1.92. The number of β-amino-alcohol motifs (C(OH)–C–C–N with tert-alkyl or cyclic N) is 1. The average molecular weight is 342 g/mol. The van der Waals surface area contributed by atoms with Crippen LogP contribution < -0.4 is 0 Å². The van der Waals surface area contributed by atoms with Crippen molar-refractivity contribution < 1.29 is 9.90 Å². The van der Waals surface area contributed by atoms with E-state index in [1.54, 1.807) is 4.90 Å². The highest BCUT2D eigenvalue weighted by Gasteiger charge is 2.26. The van der Waals surface area contributed by atoms with E-state index in [4.69, 9.17) is 0 Å². The van der Waals surface area contributed by atoms with Gasteiger partial charge in [-0.15, -0.1) is 0 Å². The normalized spacial score (nSPS) is 21.3. The number of carbonyl (C=O) groups is 1. The number of aromatic nitrogens is 2. The molecule has 2 aromatic rings. The van der Waals surface area contributed by atoms with Gasteiger partial charge in [0.1, 0.15) is 5.65 Å². The van der Waals surface area contributed by atoms with Crippen molar-refractivity contribution in [3.63, 3.8) is 0 Å². The van der Waals surface area contributed by atoms with E-state index in [0.29, 0.717) is 25.4 Å². The number of rotatable bonds is 5. The van der Waals surface area contributed by atoms with Crippen molar-refractivity contribution in [3.8, 4) is 0 Å². The molecule has 6 heteroatoms. The quantitative estimate of drug-likeness (QED) is 0.868. The van der Waals surface area contributed by atoms with Crippen LogP contribution in [-0.4, -0.2) is 69.6 Å². The van der Waals surface area contributed by atoms with Crippen molar-refractivity contribution in [3.05, 3.63) is 30.1 Å². The zero-order valence-corrected chi connectivity index (χ0v) is 14.5. The Bertz CT molecular complexity index is 736. The van der Waals surface area contributed by atoms with Crippen LogP contribution >= 0.6 is 0 Å².